The molecule has 3 atom stereocenters. The highest BCUT2D eigenvalue weighted by molar-refractivity contribution is 7.87. The second-order valence-corrected chi connectivity index (χ2v) is 5.25. The number of rotatable bonds is 1. The number of hydrogen-bond donors (Lipinski definition) is 0. The van der Waals surface area contributed by atoms with E-state index >= 15 is 0 Å². The van der Waals surface area contributed by atoms with Crippen molar-refractivity contribution in [3.63, 3.8) is 0 Å². The van der Waals surface area contributed by atoms with Gasteiger partial charge in [0.25, 0.3) is 0 Å². The van der Waals surface area contributed by atoms with Crippen LogP contribution in [0.1, 0.15) is 25.7 Å². The first kappa shape index (κ1) is 7.53. The zero-order chi connectivity index (χ0) is 8.06. The molecule has 2 bridgehead atoms. The fourth-order valence-corrected chi connectivity index (χ4v) is 3.74. The van der Waals surface area contributed by atoms with Gasteiger partial charge in [-0.05, 0) is 31.1 Å². The van der Waals surface area contributed by atoms with Gasteiger partial charge in [-0.1, -0.05) is 6.42 Å². The van der Waals surface area contributed by atoms with Crippen LogP contribution >= 0.6 is 0 Å². The maximum atomic E-state index is 12.5. The molecular weight excluding hydrogens is 167 g/mol. The molecule has 0 aliphatic heterocycles. The minimum atomic E-state index is -4.23. The van der Waals surface area contributed by atoms with Crippen molar-refractivity contribution in [1.29, 1.82) is 0 Å². The highest BCUT2D eigenvalue weighted by atomic mass is 32.3. The van der Waals surface area contributed by atoms with Crippen LogP contribution < -0.4 is 0 Å². The molecule has 0 amide bonds. The van der Waals surface area contributed by atoms with Crippen LogP contribution in [-0.2, 0) is 10.2 Å². The molecule has 2 aliphatic rings. The van der Waals surface area contributed by atoms with E-state index < -0.39 is 15.5 Å². The second-order valence-electron chi connectivity index (χ2n) is 3.69. The van der Waals surface area contributed by atoms with Crippen LogP contribution in [0, 0.1) is 11.8 Å². The average Bonchev–Trinajstić information content (AvgIpc) is 2.42. The molecule has 0 N–H and O–H groups in total. The first-order valence-corrected chi connectivity index (χ1v) is 5.45. The summed E-state index contributed by atoms with van der Waals surface area (Å²) in [6.07, 6.45) is 3.53. The van der Waals surface area contributed by atoms with Gasteiger partial charge in [0.15, 0.2) is 0 Å². The Morgan fingerprint density at radius 1 is 1.18 bits per heavy atom. The van der Waals surface area contributed by atoms with Crippen LogP contribution in [-0.4, -0.2) is 13.7 Å². The molecule has 0 heterocycles. The molecule has 0 saturated heterocycles. The monoisotopic (exact) mass is 178 g/mol. The molecule has 64 valence electrons. The Labute approximate surface area is 66.0 Å². The lowest BCUT2D eigenvalue weighted by atomic mass is 10.0. The highest BCUT2D eigenvalue weighted by Gasteiger charge is 2.46. The highest BCUT2D eigenvalue weighted by Crippen LogP contribution is 2.47. The molecular formula is C7H11FO2S. The maximum Gasteiger partial charge on any atom is 0.305 e. The van der Waals surface area contributed by atoms with Gasteiger partial charge < -0.3 is 0 Å². The van der Waals surface area contributed by atoms with Gasteiger partial charge in [-0.2, -0.15) is 8.42 Å². The van der Waals surface area contributed by atoms with Crippen molar-refractivity contribution in [3.8, 4) is 0 Å². The molecule has 0 aromatic heterocycles. The van der Waals surface area contributed by atoms with Crippen molar-refractivity contribution in [1.82, 2.24) is 0 Å². The van der Waals surface area contributed by atoms with Crippen LogP contribution in [0.2, 0.25) is 0 Å². The molecule has 2 nitrogen and oxygen atoms in total. The summed E-state index contributed by atoms with van der Waals surface area (Å²) >= 11 is 0. The Bertz CT molecular complexity index is 260. The summed E-state index contributed by atoms with van der Waals surface area (Å²) in [6.45, 7) is 0. The Kier molecular flexibility index (Phi) is 1.50. The average molecular weight is 178 g/mol. The summed E-state index contributed by atoms with van der Waals surface area (Å²) in [4.78, 5) is 0. The first-order chi connectivity index (χ1) is 5.07. The lowest BCUT2D eigenvalue weighted by Gasteiger charge is -2.16. The number of hydrogen-bond acceptors (Lipinski definition) is 2. The fourth-order valence-electron chi connectivity index (χ4n) is 2.53. The first-order valence-electron chi connectivity index (χ1n) is 4.01. The van der Waals surface area contributed by atoms with Crippen LogP contribution in [0.5, 0.6) is 0 Å². The van der Waals surface area contributed by atoms with Gasteiger partial charge >= 0.3 is 10.2 Å². The van der Waals surface area contributed by atoms with E-state index in [9.17, 15) is 12.3 Å². The quantitative estimate of drug-likeness (QED) is 0.570. The summed E-state index contributed by atoms with van der Waals surface area (Å²) < 4.78 is 33.6. The van der Waals surface area contributed by atoms with Gasteiger partial charge in [0.2, 0.25) is 0 Å². The molecule has 1 unspecified atom stereocenters. The van der Waals surface area contributed by atoms with E-state index in [-0.39, 0.29) is 5.92 Å². The predicted molar refractivity (Wildman–Crippen MR) is 39.3 cm³/mol. The molecule has 0 spiro atoms. The predicted octanol–water partition coefficient (Wildman–Crippen LogP) is 1.47. The van der Waals surface area contributed by atoms with Crippen LogP contribution in [0.15, 0.2) is 0 Å². The van der Waals surface area contributed by atoms with Crippen molar-refractivity contribution >= 4 is 10.2 Å². The summed E-state index contributed by atoms with van der Waals surface area (Å²) in [5.41, 5.74) is 0. The van der Waals surface area contributed by atoms with Gasteiger partial charge in [-0.15, -0.1) is 3.89 Å². The number of halogens is 1. The standard InChI is InChI=1S/C7H11FO2S/c8-11(9,10)7-4-5-1-2-6(7)3-5/h5-7H,1-4H2/t5-,6-,7?/m0/s1. The van der Waals surface area contributed by atoms with Gasteiger partial charge in [0.05, 0.1) is 5.25 Å². The van der Waals surface area contributed by atoms with Crippen molar-refractivity contribution in [2.75, 3.05) is 0 Å². The van der Waals surface area contributed by atoms with E-state index in [1.807, 2.05) is 0 Å². The molecule has 2 rings (SSSR count). The third-order valence-electron chi connectivity index (χ3n) is 3.03. The molecule has 0 aromatic rings. The summed E-state index contributed by atoms with van der Waals surface area (Å²) in [5.74, 6) is 0.630. The topological polar surface area (TPSA) is 34.1 Å². The maximum absolute atomic E-state index is 12.5. The second kappa shape index (κ2) is 2.19. The minimum Gasteiger partial charge on any atom is -0.195 e. The smallest absolute Gasteiger partial charge is 0.195 e. The van der Waals surface area contributed by atoms with Gasteiger partial charge in [0.1, 0.15) is 0 Å². The van der Waals surface area contributed by atoms with Crippen LogP contribution in [0.3, 0.4) is 0 Å². The van der Waals surface area contributed by atoms with Gasteiger partial charge in [-0.3, -0.25) is 0 Å². The molecule has 0 radical (unpaired) electrons. The lowest BCUT2D eigenvalue weighted by Crippen LogP contribution is -2.23. The SMILES string of the molecule is O=S(=O)(F)C1C[C@H]2CC[C@H]1C2. The zero-order valence-corrected chi connectivity index (χ0v) is 6.98. The zero-order valence-electron chi connectivity index (χ0n) is 6.16. The van der Waals surface area contributed by atoms with E-state index in [1.54, 1.807) is 0 Å². The minimum absolute atomic E-state index is 0.134. The molecule has 11 heavy (non-hydrogen) atoms. The Morgan fingerprint density at radius 2 is 1.91 bits per heavy atom. The number of fused-ring (bicyclic) bond motifs is 2. The normalized spacial score (nSPS) is 43.2. The van der Waals surface area contributed by atoms with Gasteiger partial charge in [-0.25, -0.2) is 0 Å². The molecule has 0 aromatic carbocycles. The molecule has 4 heteroatoms. The van der Waals surface area contributed by atoms with Crippen LogP contribution in [0.25, 0.3) is 0 Å². The Hall–Kier alpha value is -0.120. The van der Waals surface area contributed by atoms with E-state index in [4.69, 9.17) is 0 Å². The van der Waals surface area contributed by atoms with E-state index in [0.717, 1.165) is 19.3 Å². The van der Waals surface area contributed by atoms with Crippen molar-refractivity contribution in [3.05, 3.63) is 0 Å². The van der Waals surface area contributed by atoms with Crippen LogP contribution in [0.4, 0.5) is 3.89 Å². The molecule has 2 aliphatic carbocycles. The third-order valence-corrected chi connectivity index (χ3v) is 4.34. The Balaban J connectivity index is 2.21. The third kappa shape index (κ3) is 1.17. The molecule has 2 saturated carbocycles. The summed E-state index contributed by atoms with van der Waals surface area (Å²) in [5, 5.41) is -0.652. The van der Waals surface area contributed by atoms with Crippen molar-refractivity contribution in [2.45, 2.75) is 30.9 Å². The largest absolute Gasteiger partial charge is 0.305 e. The van der Waals surface area contributed by atoms with E-state index in [0.29, 0.717) is 12.3 Å². The fraction of sp³-hybridized carbons (Fsp3) is 1.00. The van der Waals surface area contributed by atoms with E-state index in [2.05, 4.69) is 0 Å². The Morgan fingerprint density at radius 3 is 2.18 bits per heavy atom. The van der Waals surface area contributed by atoms with Gasteiger partial charge in [0, 0.05) is 0 Å². The van der Waals surface area contributed by atoms with Crippen molar-refractivity contribution < 1.29 is 12.3 Å². The van der Waals surface area contributed by atoms with Crippen molar-refractivity contribution in [2.24, 2.45) is 11.8 Å². The summed E-state index contributed by atoms with van der Waals surface area (Å²) in [6, 6.07) is 0. The molecule has 2 fully saturated rings. The summed E-state index contributed by atoms with van der Waals surface area (Å²) in [7, 11) is -4.23. The van der Waals surface area contributed by atoms with E-state index in [1.165, 1.54) is 0 Å². The lowest BCUT2D eigenvalue weighted by molar-refractivity contribution is 0.446.